The molecule has 3 heteroatoms. The van der Waals surface area contributed by atoms with Crippen molar-refractivity contribution in [1.82, 2.24) is 10.6 Å². The number of nitrogens with one attached hydrogen (secondary N) is 2. The second kappa shape index (κ2) is 6.20. The number of carbonyl (C=O) groups is 1. The summed E-state index contributed by atoms with van der Waals surface area (Å²) >= 11 is 0. The third-order valence-electron chi connectivity index (χ3n) is 3.89. The Morgan fingerprint density at radius 2 is 2.16 bits per heavy atom. The van der Waals surface area contributed by atoms with Crippen LogP contribution in [0, 0.1) is 13.8 Å². The van der Waals surface area contributed by atoms with E-state index in [1.807, 2.05) is 0 Å². The zero-order chi connectivity index (χ0) is 13.8. The van der Waals surface area contributed by atoms with Gasteiger partial charge in [0.15, 0.2) is 0 Å². The second-order valence-corrected chi connectivity index (χ2v) is 5.59. The number of carbonyl (C=O) groups excluding carboxylic acids is 1. The first kappa shape index (κ1) is 14.1. The Labute approximate surface area is 115 Å². The SMILES string of the molecule is Cc1ccc(C)c(C(C)NC(=O)[C@@H]2CCCCN2)c1. The second-order valence-electron chi connectivity index (χ2n) is 5.59. The molecule has 1 fully saturated rings. The van der Waals surface area contributed by atoms with Crippen molar-refractivity contribution in [3.63, 3.8) is 0 Å². The van der Waals surface area contributed by atoms with E-state index in [2.05, 4.69) is 49.6 Å². The lowest BCUT2D eigenvalue weighted by molar-refractivity contribution is -0.124. The van der Waals surface area contributed by atoms with Crippen molar-refractivity contribution in [1.29, 1.82) is 0 Å². The van der Waals surface area contributed by atoms with E-state index in [4.69, 9.17) is 0 Å². The van der Waals surface area contributed by atoms with E-state index in [1.165, 1.54) is 23.1 Å². The Morgan fingerprint density at radius 1 is 1.37 bits per heavy atom. The average Bonchev–Trinajstić information content (AvgIpc) is 2.42. The quantitative estimate of drug-likeness (QED) is 0.877. The van der Waals surface area contributed by atoms with Gasteiger partial charge in [-0.15, -0.1) is 0 Å². The van der Waals surface area contributed by atoms with Crippen molar-refractivity contribution >= 4 is 5.91 Å². The molecule has 1 unspecified atom stereocenters. The summed E-state index contributed by atoms with van der Waals surface area (Å²) in [7, 11) is 0. The van der Waals surface area contributed by atoms with Gasteiger partial charge in [0.2, 0.25) is 5.91 Å². The summed E-state index contributed by atoms with van der Waals surface area (Å²) in [5.41, 5.74) is 3.68. The number of piperidine rings is 1. The van der Waals surface area contributed by atoms with Crippen molar-refractivity contribution in [2.24, 2.45) is 0 Å². The molecule has 19 heavy (non-hydrogen) atoms. The van der Waals surface area contributed by atoms with Crippen LogP contribution in [0.2, 0.25) is 0 Å². The van der Waals surface area contributed by atoms with Gasteiger partial charge in [-0.1, -0.05) is 30.2 Å². The zero-order valence-electron chi connectivity index (χ0n) is 12.1. The lowest BCUT2D eigenvalue weighted by Crippen LogP contribution is -2.47. The van der Waals surface area contributed by atoms with Gasteiger partial charge in [-0.3, -0.25) is 4.79 Å². The Bertz CT molecular complexity index is 450. The fraction of sp³-hybridized carbons (Fsp3) is 0.562. The number of rotatable bonds is 3. The molecule has 1 heterocycles. The molecular formula is C16H24N2O. The Balaban J connectivity index is 2.01. The minimum atomic E-state index is -0.0127. The molecule has 0 spiro atoms. The number of hydrogen-bond donors (Lipinski definition) is 2. The van der Waals surface area contributed by atoms with Gasteiger partial charge in [-0.25, -0.2) is 0 Å². The fourth-order valence-corrected chi connectivity index (χ4v) is 2.69. The molecule has 0 radical (unpaired) electrons. The lowest BCUT2D eigenvalue weighted by atomic mass is 9.99. The highest BCUT2D eigenvalue weighted by Crippen LogP contribution is 2.19. The van der Waals surface area contributed by atoms with Crippen LogP contribution >= 0.6 is 0 Å². The van der Waals surface area contributed by atoms with E-state index in [0.717, 1.165) is 19.4 Å². The van der Waals surface area contributed by atoms with E-state index >= 15 is 0 Å². The van der Waals surface area contributed by atoms with E-state index in [-0.39, 0.29) is 18.0 Å². The number of aryl methyl sites for hydroxylation is 2. The molecule has 2 N–H and O–H groups in total. The van der Waals surface area contributed by atoms with Crippen molar-refractivity contribution in [2.75, 3.05) is 6.54 Å². The van der Waals surface area contributed by atoms with Gasteiger partial charge in [-0.05, 0) is 51.3 Å². The maximum atomic E-state index is 12.2. The maximum absolute atomic E-state index is 12.2. The Morgan fingerprint density at radius 3 is 2.84 bits per heavy atom. The molecule has 1 aliphatic heterocycles. The van der Waals surface area contributed by atoms with E-state index in [0.29, 0.717) is 0 Å². The third kappa shape index (κ3) is 3.57. The molecule has 1 aromatic rings. The monoisotopic (exact) mass is 260 g/mol. The summed E-state index contributed by atoms with van der Waals surface area (Å²) in [5.74, 6) is 0.133. The van der Waals surface area contributed by atoms with Gasteiger partial charge in [0, 0.05) is 0 Å². The summed E-state index contributed by atoms with van der Waals surface area (Å²) in [6.07, 6.45) is 3.27. The predicted octanol–water partition coefficient (Wildman–Crippen LogP) is 2.62. The van der Waals surface area contributed by atoms with Gasteiger partial charge in [0.25, 0.3) is 0 Å². The highest BCUT2D eigenvalue weighted by atomic mass is 16.2. The molecule has 1 amide bonds. The topological polar surface area (TPSA) is 41.1 Å². The first-order valence-corrected chi connectivity index (χ1v) is 7.19. The number of amides is 1. The summed E-state index contributed by atoms with van der Waals surface area (Å²) in [5, 5.41) is 6.42. The highest BCUT2D eigenvalue weighted by Gasteiger charge is 2.22. The summed E-state index contributed by atoms with van der Waals surface area (Å²) in [4.78, 5) is 12.2. The summed E-state index contributed by atoms with van der Waals surface area (Å²) in [6, 6.07) is 6.44. The van der Waals surface area contributed by atoms with Crippen molar-refractivity contribution in [3.8, 4) is 0 Å². The minimum Gasteiger partial charge on any atom is -0.348 e. The van der Waals surface area contributed by atoms with Crippen LogP contribution in [0.25, 0.3) is 0 Å². The maximum Gasteiger partial charge on any atom is 0.237 e. The average molecular weight is 260 g/mol. The van der Waals surface area contributed by atoms with Crippen LogP contribution in [-0.4, -0.2) is 18.5 Å². The first-order chi connectivity index (χ1) is 9.08. The molecule has 1 aromatic carbocycles. The molecule has 2 atom stereocenters. The van der Waals surface area contributed by atoms with E-state index in [1.54, 1.807) is 0 Å². The molecule has 0 aliphatic carbocycles. The van der Waals surface area contributed by atoms with E-state index in [9.17, 15) is 4.79 Å². The highest BCUT2D eigenvalue weighted by molar-refractivity contribution is 5.82. The Hall–Kier alpha value is -1.35. The number of hydrogen-bond acceptors (Lipinski definition) is 2. The minimum absolute atomic E-state index is 0.0127. The van der Waals surface area contributed by atoms with Gasteiger partial charge >= 0.3 is 0 Å². The molecule has 0 bridgehead atoms. The molecular weight excluding hydrogens is 236 g/mol. The van der Waals surface area contributed by atoms with Gasteiger partial charge in [0.05, 0.1) is 12.1 Å². The molecule has 1 aliphatic rings. The normalized spacial score (nSPS) is 20.9. The molecule has 104 valence electrons. The van der Waals surface area contributed by atoms with Crippen LogP contribution in [0.5, 0.6) is 0 Å². The fourth-order valence-electron chi connectivity index (χ4n) is 2.69. The smallest absolute Gasteiger partial charge is 0.237 e. The first-order valence-electron chi connectivity index (χ1n) is 7.19. The van der Waals surface area contributed by atoms with Gasteiger partial charge in [0.1, 0.15) is 0 Å². The molecule has 2 rings (SSSR count). The van der Waals surface area contributed by atoms with Crippen LogP contribution < -0.4 is 10.6 Å². The van der Waals surface area contributed by atoms with Gasteiger partial charge < -0.3 is 10.6 Å². The van der Waals surface area contributed by atoms with Crippen molar-refractivity contribution in [3.05, 3.63) is 34.9 Å². The third-order valence-corrected chi connectivity index (χ3v) is 3.89. The van der Waals surface area contributed by atoms with Gasteiger partial charge in [-0.2, -0.15) is 0 Å². The van der Waals surface area contributed by atoms with Crippen molar-refractivity contribution < 1.29 is 4.79 Å². The predicted molar refractivity (Wildman–Crippen MR) is 78.1 cm³/mol. The molecule has 3 nitrogen and oxygen atoms in total. The van der Waals surface area contributed by atoms with Crippen LogP contribution in [0.3, 0.4) is 0 Å². The van der Waals surface area contributed by atoms with Crippen LogP contribution in [-0.2, 0) is 4.79 Å². The van der Waals surface area contributed by atoms with Crippen LogP contribution in [0.1, 0.15) is 48.9 Å². The Kier molecular flexibility index (Phi) is 4.59. The summed E-state index contributed by atoms with van der Waals surface area (Å²) in [6.45, 7) is 7.19. The lowest BCUT2D eigenvalue weighted by Gasteiger charge is -2.25. The molecule has 1 saturated heterocycles. The molecule has 0 aromatic heterocycles. The number of benzene rings is 1. The van der Waals surface area contributed by atoms with E-state index < -0.39 is 0 Å². The summed E-state index contributed by atoms with van der Waals surface area (Å²) < 4.78 is 0. The standard InChI is InChI=1S/C16H24N2O/c1-11-7-8-12(2)14(10-11)13(3)18-16(19)15-6-4-5-9-17-15/h7-8,10,13,15,17H,4-6,9H2,1-3H3,(H,18,19)/t13?,15-/m0/s1. The zero-order valence-corrected chi connectivity index (χ0v) is 12.1. The largest absolute Gasteiger partial charge is 0.348 e. The van der Waals surface area contributed by atoms with Crippen LogP contribution in [0.4, 0.5) is 0 Å². The van der Waals surface area contributed by atoms with Crippen molar-refractivity contribution in [2.45, 2.75) is 52.1 Å². The molecule has 0 saturated carbocycles. The van der Waals surface area contributed by atoms with Crippen LogP contribution in [0.15, 0.2) is 18.2 Å².